The fourth-order valence-corrected chi connectivity index (χ4v) is 2.91. The van der Waals surface area contributed by atoms with E-state index in [9.17, 15) is 19.2 Å². The van der Waals surface area contributed by atoms with Gasteiger partial charge in [-0.3, -0.25) is 19.7 Å². The molecule has 0 aliphatic carbocycles. The summed E-state index contributed by atoms with van der Waals surface area (Å²) in [4.78, 5) is 49.6. The number of hydrogen-bond acceptors (Lipinski definition) is 6. The van der Waals surface area contributed by atoms with Crippen LogP contribution in [0, 0.1) is 6.92 Å². The molecule has 0 heterocycles. The van der Waals surface area contributed by atoms with Gasteiger partial charge in [-0.05, 0) is 37.3 Å². The van der Waals surface area contributed by atoms with Crippen molar-refractivity contribution < 1.29 is 28.7 Å². The van der Waals surface area contributed by atoms with E-state index in [4.69, 9.17) is 9.47 Å². The Bertz CT molecular complexity index is 1150. The van der Waals surface area contributed by atoms with Crippen LogP contribution in [0.3, 0.4) is 0 Å². The number of carbonyl (C=O) groups excluding carboxylic acids is 4. The van der Waals surface area contributed by atoms with Crippen LogP contribution in [-0.4, -0.2) is 37.3 Å². The SMILES string of the molecule is COc1ccc(C(=O)NC(=O)COC(=O)c2ccccc2C(=O)c2ccc(C)cc2)cc1. The molecule has 0 saturated carbocycles. The summed E-state index contributed by atoms with van der Waals surface area (Å²) in [7, 11) is 1.50. The molecule has 0 atom stereocenters. The first-order valence-corrected chi connectivity index (χ1v) is 9.75. The Hall–Kier alpha value is -4.26. The number of aryl methyl sites for hydroxylation is 1. The minimum absolute atomic E-state index is 0.0346. The van der Waals surface area contributed by atoms with Crippen LogP contribution in [0.5, 0.6) is 5.75 Å². The lowest BCUT2D eigenvalue weighted by Crippen LogP contribution is -2.34. The Morgan fingerprint density at radius 2 is 1.38 bits per heavy atom. The molecule has 0 aliphatic rings. The molecule has 0 saturated heterocycles. The summed E-state index contributed by atoms with van der Waals surface area (Å²) in [6, 6.07) is 19.3. The van der Waals surface area contributed by atoms with Crippen LogP contribution in [0.4, 0.5) is 0 Å². The third kappa shape index (κ3) is 5.46. The van der Waals surface area contributed by atoms with Crippen molar-refractivity contribution >= 4 is 23.6 Å². The van der Waals surface area contributed by atoms with E-state index in [1.807, 2.05) is 6.92 Å². The summed E-state index contributed by atoms with van der Waals surface area (Å²) in [6.07, 6.45) is 0. The maximum Gasteiger partial charge on any atom is 0.339 e. The van der Waals surface area contributed by atoms with E-state index in [-0.39, 0.29) is 22.5 Å². The molecule has 0 unspecified atom stereocenters. The average Bonchev–Trinajstić information content (AvgIpc) is 2.82. The highest BCUT2D eigenvalue weighted by Gasteiger charge is 2.20. The molecule has 3 rings (SSSR count). The van der Waals surface area contributed by atoms with E-state index in [0.717, 1.165) is 5.56 Å². The van der Waals surface area contributed by atoms with E-state index in [1.165, 1.54) is 31.4 Å². The summed E-state index contributed by atoms with van der Waals surface area (Å²) in [6.45, 7) is 1.23. The molecule has 3 aromatic carbocycles. The lowest BCUT2D eigenvalue weighted by Gasteiger charge is -2.10. The van der Waals surface area contributed by atoms with E-state index < -0.39 is 24.4 Å². The predicted octanol–water partition coefficient (Wildman–Crippen LogP) is 3.35. The number of carbonyl (C=O) groups is 4. The van der Waals surface area contributed by atoms with Gasteiger partial charge in [0.05, 0.1) is 12.7 Å². The number of rotatable bonds is 7. The molecule has 2 amide bonds. The standard InChI is InChI=1S/C25H21NO6/c1-16-7-9-17(10-8-16)23(28)20-5-3-4-6-21(20)25(30)32-15-22(27)26-24(29)18-11-13-19(31-2)14-12-18/h3-14H,15H2,1-2H3,(H,26,27,29). The van der Waals surface area contributed by atoms with Crippen molar-refractivity contribution in [3.8, 4) is 5.75 Å². The highest BCUT2D eigenvalue weighted by atomic mass is 16.5. The second kappa shape index (κ2) is 10.2. The normalized spacial score (nSPS) is 10.2. The number of hydrogen-bond donors (Lipinski definition) is 1. The number of amides is 2. The van der Waals surface area contributed by atoms with Crippen molar-refractivity contribution in [1.82, 2.24) is 5.32 Å². The lowest BCUT2D eigenvalue weighted by atomic mass is 9.98. The van der Waals surface area contributed by atoms with Crippen LogP contribution in [0.15, 0.2) is 72.8 Å². The molecule has 162 valence electrons. The Kier molecular flexibility index (Phi) is 7.13. The maximum absolute atomic E-state index is 12.8. The molecule has 0 spiro atoms. The van der Waals surface area contributed by atoms with Gasteiger partial charge in [-0.25, -0.2) is 4.79 Å². The first kappa shape index (κ1) is 22.4. The molecule has 3 aromatic rings. The van der Waals surface area contributed by atoms with Crippen LogP contribution in [0.2, 0.25) is 0 Å². The zero-order chi connectivity index (χ0) is 23.1. The summed E-state index contributed by atoms with van der Waals surface area (Å²) in [5.41, 5.74) is 1.88. The Morgan fingerprint density at radius 3 is 2.00 bits per heavy atom. The minimum Gasteiger partial charge on any atom is -0.497 e. The maximum atomic E-state index is 12.8. The monoisotopic (exact) mass is 431 g/mol. The van der Waals surface area contributed by atoms with Crippen molar-refractivity contribution in [3.05, 3.63) is 101 Å². The summed E-state index contributed by atoms with van der Waals surface area (Å²) >= 11 is 0. The van der Waals surface area contributed by atoms with E-state index in [0.29, 0.717) is 11.3 Å². The molecular weight excluding hydrogens is 410 g/mol. The average molecular weight is 431 g/mol. The summed E-state index contributed by atoms with van der Waals surface area (Å²) in [5, 5.41) is 2.15. The number of benzene rings is 3. The zero-order valence-electron chi connectivity index (χ0n) is 17.6. The number of ketones is 1. The number of methoxy groups -OCH3 is 1. The van der Waals surface area contributed by atoms with Crippen molar-refractivity contribution in [3.63, 3.8) is 0 Å². The quantitative estimate of drug-likeness (QED) is 0.455. The molecular formula is C25H21NO6. The van der Waals surface area contributed by atoms with Gasteiger partial charge in [0.15, 0.2) is 12.4 Å². The third-order valence-electron chi connectivity index (χ3n) is 4.64. The molecule has 0 aliphatic heterocycles. The fraction of sp³-hybridized carbons (Fsp3) is 0.120. The zero-order valence-corrected chi connectivity index (χ0v) is 17.6. The van der Waals surface area contributed by atoms with Gasteiger partial charge in [0.25, 0.3) is 11.8 Å². The highest BCUT2D eigenvalue weighted by molar-refractivity contribution is 6.14. The second-order valence-electron chi connectivity index (χ2n) is 6.92. The van der Waals surface area contributed by atoms with Crippen LogP contribution in [0.25, 0.3) is 0 Å². The van der Waals surface area contributed by atoms with Crippen LogP contribution < -0.4 is 10.1 Å². The Labute approximate surface area is 185 Å². The largest absolute Gasteiger partial charge is 0.497 e. The molecule has 7 nitrogen and oxygen atoms in total. The van der Waals surface area contributed by atoms with Gasteiger partial charge in [-0.1, -0.05) is 48.0 Å². The Morgan fingerprint density at radius 1 is 0.781 bits per heavy atom. The van der Waals surface area contributed by atoms with Crippen molar-refractivity contribution in [2.75, 3.05) is 13.7 Å². The summed E-state index contributed by atoms with van der Waals surface area (Å²) in [5.74, 6) is -2.03. The molecule has 7 heteroatoms. The number of ether oxygens (including phenoxy) is 2. The molecule has 0 bridgehead atoms. The number of esters is 1. The van der Waals surface area contributed by atoms with E-state index in [1.54, 1.807) is 48.5 Å². The third-order valence-corrected chi connectivity index (χ3v) is 4.64. The van der Waals surface area contributed by atoms with Crippen molar-refractivity contribution in [1.29, 1.82) is 0 Å². The van der Waals surface area contributed by atoms with Crippen LogP contribution >= 0.6 is 0 Å². The minimum atomic E-state index is -0.840. The van der Waals surface area contributed by atoms with Gasteiger partial charge in [0, 0.05) is 16.7 Å². The first-order chi connectivity index (χ1) is 15.4. The van der Waals surface area contributed by atoms with Crippen molar-refractivity contribution in [2.24, 2.45) is 0 Å². The molecule has 0 fully saturated rings. The highest BCUT2D eigenvalue weighted by Crippen LogP contribution is 2.16. The lowest BCUT2D eigenvalue weighted by molar-refractivity contribution is -0.123. The van der Waals surface area contributed by atoms with Gasteiger partial charge in [0.1, 0.15) is 5.75 Å². The first-order valence-electron chi connectivity index (χ1n) is 9.75. The molecule has 32 heavy (non-hydrogen) atoms. The molecule has 0 aromatic heterocycles. The van der Waals surface area contributed by atoms with Gasteiger partial charge in [-0.15, -0.1) is 0 Å². The molecule has 1 N–H and O–H groups in total. The van der Waals surface area contributed by atoms with E-state index in [2.05, 4.69) is 5.32 Å². The Balaban J connectivity index is 1.63. The van der Waals surface area contributed by atoms with Gasteiger partial charge < -0.3 is 9.47 Å². The molecule has 0 radical (unpaired) electrons. The van der Waals surface area contributed by atoms with E-state index >= 15 is 0 Å². The van der Waals surface area contributed by atoms with Gasteiger partial charge in [-0.2, -0.15) is 0 Å². The topological polar surface area (TPSA) is 98.8 Å². The van der Waals surface area contributed by atoms with Crippen LogP contribution in [-0.2, 0) is 9.53 Å². The number of nitrogens with one attached hydrogen (secondary N) is 1. The van der Waals surface area contributed by atoms with Crippen molar-refractivity contribution in [2.45, 2.75) is 6.92 Å². The predicted molar refractivity (Wildman–Crippen MR) is 117 cm³/mol. The van der Waals surface area contributed by atoms with Gasteiger partial charge >= 0.3 is 5.97 Å². The fourth-order valence-electron chi connectivity index (χ4n) is 2.91. The van der Waals surface area contributed by atoms with Gasteiger partial charge in [0.2, 0.25) is 0 Å². The second-order valence-corrected chi connectivity index (χ2v) is 6.92. The smallest absolute Gasteiger partial charge is 0.339 e. The number of imide groups is 1. The van der Waals surface area contributed by atoms with Crippen LogP contribution in [0.1, 0.15) is 42.2 Å². The summed E-state index contributed by atoms with van der Waals surface area (Å²) < 4.78 is 10.1.